The van der Waals surface area contributed by atoms with Gasteiger partial charge < -0.3 is 33.9 Å². The molecule has 0 saturated carbocycles. The van der Waals surface area contributed by atoms with Crippen molar-refractivity contribution in [2.24, 2.45) is 0 Å². The van der Waals surface area contributed by atoms with Crippen LogP contribution in [0.15, 0.2) is 124 Å². The van der Waals surface area contributed by atoms with Gasteiger partial charge in [0.2, 0.25) is 0 Å². The smallest absolute Gasteiger partial charge is 0.114 e. The van der Waals surface area contributed by atoms with Gasteiger partial charge in [0.25, 0.3) is 0 Å². The van der Waals surface area contributed by atoms with Gasteiger partial charge in [-0.1, -0.05) is 37.4 Å². The minimum Gasteiger partial charge on any atom is -1.00 e. The molecular weight excluding hydrogens is 920 g/mol. The molecule has 0 amide bonds. The van der Waals surface area contributed by atoms with Crippen molar-refractivity contribution >= 4 is 19.4 Å². The Balaban J connectivity index is -0.0000000923. The average Bonchev–Trinajstić information content (AvgIpc) is 3.80. The standard InChI is InChI=1S/2C7H14NSi.4C5H5.2ClH.2Hf/c2*1-4-6-8(9-3)7-5-2;4*1-2-4-5-3-1;;;;/h2*4-5,9H,1-2,6-7H2,3H3;4*1-3H,4H2;2*1H;;/q;;4*-1;;;;/p-2. The van der Waals surface area contributed by atoms with Gasteiger partial charge in [-0.15, -0.1) is 52.0 Å². The summed E-state index contributed by atoms with van der Waals surface area (Å²) in [7, 11) is 0.850. The Kier molecular flexibility index (Phi) is 64.6. The fourth-order valence-corrected chi connectivity index (χ4v) is 4.03. The summed E-state index contributed by atoms with van der Waals surface area (Å²) >= 11 is 0. The number of hydrogen-bond donors (Lipinski definition) is 0. The Morgan fingerprint density at radius 1 is 0.524 bits per heavy atom. The van der Waals surface area contributed by atoms with Crippen LogP contribution >= 0.6 is 0 Å². The molecular formula is C34H48Cl2Hf2N2Si2-6. The molecule has 0 saturated heterocycles. The van der Waals surface area contributed by atoms with Crippen molar-refractivity contribution < 1.29 is 76.5 Å². The van der Waals surface area contributed by atoms with Crippen molar-refractivity contribution in [3.63, 3.8) is 0 Å². The van der Waals surface area contributed by atoms with Crippen LogP contribution in [0.5, 0.6) is 0 Å². The summed E-state index contributed by atoms with van der Waals surface area (Å²) in [6.07, 6.45) is 47.7. The van der Waals surface area contributed by atoms with Gasteiger partial charge >= 0.3 is 0 Å². The molecule has 4 rings (SSSR count). The molecule has 0 fully saturated rings. The van der Waals surface area contributed by atoms with Crippen LogP contribution in [0.4, 0.5) is 0 Å². The quantitative estimate of drug-likeness (QED) is 0.186. The van der Waals surface area contributed by atoms with Crippen molar-refractivity contribution in [2.75, 3.05) is 26.2 Å². The molecule has 0 spiro atoms. The van der Waals surface area contributed by atoms with Crippen molar-refractivity contribution in [2.45, 2.75) is 38.8 Å². The van der Waals surface area contributed by atoms with Crippen molar-refractivity contribution in [1.29, 1.82) is 0 Å². The van der Waals surface area contributed by atoms with E-state index in [1.807, 2.05) is 72.9 Å². The number of rotatable bonds is 10. The first-order valence-electron chi connectivity index (χ1n) is 13.1. The molecule has 0 aliphatic heterocycles. The van der Waals surface area contributed by atoms with E-state index >= 15 is 0 Å². The van der Waals surface area contributed by atoms with Gasteiger partial charge in [0.15, 0.2) is 0 Å². The molecule has 0 atom stereocenters. The van der Waals surface area contributed by atoms with Gasteiger partial charge in [0.05, 0.1) is 0 Å². The van der Waals surface area contributed by atoms with Crippen molar-refractivity contribution in [3.05, 3.63) is 148 Å². The van der Waals surface area contributed by atoms with Gasteiger partial charge in [-0.05, 0) is 0 Å². The van der Waals surface area contributed by atoms with Crippen LogP contribution in [-0.4, -0.2) is 54.7 Å². The summed E-state index contributed by atoms with van der Waals surface area (Å²) in [4.78, 5) is 0. The molecule has 42 heavy (non-hydrogen) atoms. The van der Waals surface area contributed by atoms with Crippen LogP contribution in [-0.2, 0) is 51.7 Å². The molecule has 2 nitrogen and oxygen atoms in total. The fourth-order valence-electron chi connectivity index (χ4n) is 2.59. The summed E-state index contributed by atoms with van der Waals surface area (Å²) in [5.41, 5.74) is 0. The largest absolute Gasteiger partial charge is 1.00 e. The molecule has 8 heteroatoms. The molecule has 230 valence electrons. The number of allylic oxidation sites excluding steroid dienone is 16. The summed E-state index contributed by atoms with van der Waals surface area (Å²) in [5.74, 6) is 0. The maximum Gasteiger partial charge on any atom is 0.114 e. The maximum atomic E-state index is 3.67. The van der Waals surface area contributed by atoms with E-state index in [0.717, 1.165) is 51.9 Å². The van der Waals surface area contributed by atoms with E-state index in [1.165, 1.54) is 0 Å². The van der Waals surface area contributed by atoms with E-state index in [9.17, 15) is 0 Å². The average molecular weight is 969 g/mol. The predicted octanol–water partition coefficient (Wildman–Crippen LogP) is 1.35. The fraction of sp³-hybridized carbons (Fsp3) is 0.294. The third kappa shape index (κ3) is 46.5. The van der Waals surface area contributed by atoms with Gasteiger partial charge in [0.1, 0.15) is 19.4 Å². The molecule has 0 aromatic carbocycles. The second kappa shape index (κ2) is 50.2. The van der Waals surface area contributed by atoms with Crippen LogP contribution in [0.1, 0.15) is 25.7 Å². The minimum absolute atomic E-state index is 0. The summed E-state index contributed by atoms with van der Waals surface area (Å²) in [6.45, 7) is 23.1. The molecule has 0 N–H and O–H groups in total. The first-order chi connectivity index (χ1) is 18.7. The Bertz CT molecular complexity index is 661. The van der Waals surface area contributed by atoms with Gasteiger partial charge in [0, 0.05) is 77.9 Å². The maximum absolute atomic E-state index is 3.67. The monoisotopic (exact) mass is 970 g/mol. The van der Waals surface area contributed by atoms with Crippen molar-refractivity contribution in [3.8, 4) is 0 Å². The Morgan fingerprint density at radius 2 is 0.738 bits per heavy atom. The Labute approximate surface area is 314 Å². The number of hydrogen-bond acceptors (Lipinski definition) is 2. The molecule has 0 heterocycles. The molecule has 4 aliphatic rings. The molecule has 0 unspecified atom stereocenters. The summed E-state index contributed by atoms with van der Waals surface area (Å²) in [6, 6.07) is 0. The van der Waals surface area contributed by atoms with Crippen LogP contribution in [0.3, 0.4) is 0 Å². The molecule has 4 aliphatic carbocycles. The zero-order valence-corrected chi connectivity index (χ0v) is 36.5. The van der Waals surface area contributed by atoms with E-state index in [0.29, 0.717) is 19.4 Å². The molecule has 0 aromatic rings. The Morgan fingerprint density at radius 3 is 0.810 bits per heavy atom. The zero-order chi connectivity index (χ0) is 28.4. The van der Waals surface area contributed by atoms with Gasteiger partial charge in [-0.3, -0.25) is 24.3 Å². The molecule has 2 radical (unpaired) electrons. The van der Waals surface area contributed by atoms with Crippen LogP contribution in [0, 0.1) is 24.3 Å². The van der Waals surface area contributed by atoms with E-state index in [-0.39, 0.29) is 76.5 Å². The number of nitrogens with zero attached hydrogens (tertiary/aromatic N) is 2. The second-order valence-electron chi connectivity index (χ2n) is 7.59. The van der Waals surface area contributed by atoms with Gasteiger partial charge in [-0.2, -0.15) is 24.3 Å². The van der Waals surface area contributed by atoms with Crippen LogP contribution in [0.25, 0.3) is 0 Å². The van der Waals surface area contributed by atoms with E-state index in [2.05, 4.69) is 97.1 Å². The van der Waals surface area contributed by atoms with E-state index in [4.69, 9.17) is 0 Å². The molecule has 0 aromatic heterocycles. The third-order valence-corrected chi connectivity index (χ3v) is 6.83. The summed E-state index contributed by atoms with van der Waals surface area (Å²) in [5, 5.41) is 0. The normalized spacial score (nSPS) is 12.5. The second-order valence-corrected chi connectivity index (χ2v) is 10.1. The number of halogens is 2. The first kappa shape index (κ1) is 54.1. The first-order valence-corrected chi connectivity index (χ1v) is 16.4. The Hall–Kier alpha value is -0.446. The third-order valence-electron chi connectivity index (χ3n) is 4.53. The van der Waals surface area contributed by atoms with Crippen LogP contribution in [0.2, 0.25) is 13.1 Å². The van der Waals surface area contributed by atoms with E-state index < -0.39 is 0 Å². The van der Waals surface area contributed by atoms with Crippen molar-refractivity contribution in [1.82, 2.24) is 9.13 Å². The predicted molar refractivity (Wildman–Crippen MR) is 176 cm³/mol. The van der Waals surface area contributed by atoms with Gasteiger partial charge in [-0.25, -0.2) is 48.6 Å². The summed E-state index contributed by atoms with van der Waals surface area (Å²) < 4.78 is 4.67. The van der Waals surface area contributed by atoms with E-state index in [1.54, 1.807) is 0 Å². The van der Waals surface area contributed by atoms with Crippen LogP contribution < -0.4 is 24.8 Å². The molecule has 0 bridgehead atoms. The SMILES string of the molecule is C=CCN(CC=C)[SiH]C.C=CCN(CC=C)[SiH]C.[C-]1=CC=CC1.[C-]1=CC=CC1.[C-]1=CC=CC1.[C-]1=CC=CC1.[Cl-].[Cl-].[Hf].[Hf]. The minimum atomic E-state index is 0. The zero-order valence-electron chi connectivity index (χ0n) is 25.5. The topological polar surface area (TPSA) is 6.48 Å².